The molecule has 2 heterocycles. The van der Waals surface area contributed by atoms with E-state index >= 15 is 0 Å². The lowest BCUT2D eigenvalue weighted by atomic mass is 9.44. The highest BCUT2D eigenvalue weighted by Gasteiger charge is 2.69. The van der Waals surface area contributed by atoms with Crippen molar-refractivity contribution < 1.29 is 22.1 Å². The van der Waals surface area contributed by atoms with Crippen molar-refractivity contribution in [2.75, 3.05) is 12.9 Å². The van der Waals surface area contributed by atoms with E-state index < -0.39 is 10.1 Å². The van der Waals surface area contributed by atoms with E-state index in [1.807, 2.05) is 0 Å². The van der Waals surface area contributed by atoms with Crippen LogP contribution >= 0.6 is 0 Å². The van der Waals surface area contributed by atoms with E-state index in [0.29, 0.717) is 40.6 Å². The van der Waals surface area contributed by atoms with Crippen LogP contribution in [0.1, 0.15) is 91.9 Å². The third-order valence-electron chi connectivity index (χ3n) is 12.2. The molecule has 6 heteroatoms. The van der Waals surface area contributed by atoms with E-state index in [-0.39, 0.29) is 11.9 Å². The number of hydrogen-bond donors (Lipinski definition) is 0. The van der Waals surface area contributed by atoms with Gasteiger partial charge in [-0.2, -0.15) is 8.42 Å². The SMILES string of the molecule is C[C@@H]1CCC2(OC1)OC1CC3C4CCC5C[C@@H](OS(C)(=O)=O)CC[C@]5(C)C4CC[C@]3(C)C1[C@@H]2C. The molecule has 7 unspecified atom stereocenters. The van der Waals surface area contributed by atoms with Gasteiger partial charge in [0.1, 0.15) is 0 Å². The fourth-order valence-electron chi connectivity index (χ4n) is 10.6. The van der Waals surface area contributed by atoms with Crippen molar-refractivity contribution >= 4 is 10.1 Å². The molecule has 6 aliphatic rings. The van der Waals surface area contributed by atoms with Crippen LogP contribution in [0.3, 0.4) is 0 Å². The van der Waals surface area contributed by atoms with E-state index in [1.165, 1.54) is 44.8 Å². The van der Waals surface area contributed by atoms with Crippen molar-refractivity contribution in [1.82, 2.24) is 0 Å². The third kappa shape index (κ3) is 3.51. The monoisotopic (exact) mass is 494 g/mol. The van der Waals surface area contributed by atoms with Crippen LogP contribution in [0.15, 0.2) is 0 Å². The topological polar surface area (TPSA) is 61.8 Å². The van der Waals surface area contributed by atoms with Gasteiger partial charge in [-0.1, -0.05) is 27.7 Å². The summed E-state index contributed by atoms with van der Waals surface area (Å²) in [4.78, 5) is 0. The Labute approximate surface area is 207 Å². The summed E-state index contributed by atoms with van der Waals surface area (Å²) in [6, 6.07) is 0. The van der Waals surface area contributed by atoms with Gasteiger partial charge in [0.15, 0.2) is 5.79 Å². The lowest BCUT2D eigenvalue weighted by Gasteiger charge is -2.61. The first-order valence-corrected chi connectivity index (χ1v) is 16.0. The first-order chi connectivity index (χ1) is 16.0. The number of hydrogen-bond acceptors (Lipinski definition) is 5. The van der Waals surface area contributed by atoms with Crippen LogP contribution in [-0.2, 0) is 23.8 Å². The summed E-state index contributed by atoms with van der Waals surface area (Å²) >= 11 is 0. The zero-order valence-electron chi connectivity index (χ0n) is 21.9. The van der Waals surface area contributed by atoms with E-state index in [4.69, 9.17) is 13.7 Å². The van der Waals surface area contributed by atoms with Crippen LogP contribution in [-0.4, -0.2) is 39.3 Å². The van der Waals surface area contributed by atoms with Gasteiger partial charge in [0, 0.05) is 12.3 Å². The molecule has 0 aromatic rings. The molecule has 1 spiro atoms. The summed E-state index contributed by atoms with van der Waals surface area (Å²) < 4.78 is 42.3. The van der Waals surface area contributed by atoms with Gasteiger partial charge in [-0.3, -0.25) is 4.18 Å². The molecule has 12 atom stereocenters. The van der Waals surface area contributed by atoms with Crippen LogP contribution in [0.2, 0.25) is 0 Å². The molecule has 4 saturated carbocycles. The number of ether oxygens (including phenoxy) is 2. The van der Waals surface area contributed by atoms with Crippen molar-refractivity contribution in [1.29, 1.82) is 0 Å². The third-order valence-corrected chi connectivity index (χ3v) is 12.8. The van der Waals surface area contributed by atoms with Crippen LogP contribution < -0.4 is 0 Å². The molecule has 0 aromatic carbocycles. The fraction of sp³-hybridized carbons (Fsp3) is 1.00. The minimum Gasteiger partial charge on any atom is -0.349 e. The molecule has 4 aliphatic carbocycles. The zero-order chi connectivity index (χ0) is 24.1. The summed E-state index contributed by atoms with van der Waals surface area (Å²) in [5.74, 6) is 4.32. The summed E-state index contributed by atoms with van der Waals surface area (Å²) in [6.07, 6.45) is 13.0. The van der Waals surface area contributed by atoms with Crippen LogP contribution in [0.25, 0.3) is 0 Å². The highest BCUT2D eigenvalue weighted by molar-refractivity contribution is 7.86. The number of rotatable bonds is 2. The first-order valence-electron chi connectivity index (χ1n) is 14.2. The average molecular weight is 495 g/mol. The van der Waals surface area contributed by atoms with Gasteiger partial charge in [0.05, 0.1) is 25.1 Å². The van der Waals surface area contributed by atoms with Gasteiger partial charge >= 0.3 is 0 Å². The Morgan fingerprint density at radius 3 is 2.35 bits per heavy atom. The maximum atomic E-state index is 11.7. The summed E-state index contributed by atoms with van der Waals surface area (Å²) in [5, 5.41) is 0. The normalized spacial score (nSPS) is 57.0. The predicted octanol–water partition coefficient (Wildman–Crippen LogP) is 5.78. The summed E-state index contributed by atoms with van der Waals surface area (Å²) in [5.41, 5.74) is 0.691. The zero-order valence-corrected chi connectivity index (χ0v) is 22.7. The molecule has 0 radical (unpaired) electrons. The fourth-order valence-corrected chi connectivity index (χ4v) is 11.2. The van der Waals surface area contributed by atoms with Crippen LogP contribution in [0, 0.1) is 52.3 Å². The van der Waals surface area contributed by atoms with Crippen molar-refractivity contribution in [2.24, 2.45) is 52.3 Å². The highest BCUT2D eigenvalue weighted by Crippen LogP contribution is 2.71. The molecule has 0 N–H and O–H groups in total. The second-order valence-electron chi connectivity index (χ2n) is 13.9. The quantitative estimate of drug-likeness (QED) is 0.456. The van der Waals surface area contributed by atoms with Crippen molar-refractivity contribution in [2.45, 2.75) is 110 Å². The van der Waals surface area contributed by atoms with E-state index in [0.717, 1.165) is 50.0 Å². The summed E-state index contributed by atoms with van der Waals surface area (Å²) in [7, 11) is -3.38. The average Bonchev–Trinajstić information content (AvgIpc) is 3.20. The van der Waals surface area contributed by atoms with E-state index in [1.54, 1.807) is 0 Å². The first kappa shape index (κ1) is 24.2. The molecular formula is C28H46O5S. The van der Waals surface area contributed by atoms with Gasteiger partial charge in [0.2, 0.25) is 0 Å². The lowest BCUT2D eigenvalue weighted by Crippen LogP contribution is -2.55. The van der Waals surface area contributed by atoms with Gasteiger partial charge in [0.25, 0.3) is 10.1 Å². The van der Waals surface area contributed by atoms with Crippen molar-refractivity contribution in [3.05, 3.63) is 0 Å². The minimum atomic E-state index is -3.38. The Kier molecular flexibility index (Phi) is 5.63. The molecule has 194 valence electrons. The second-order valence-corrected chi connectivity index (χ2v) is 15.5. The molecule has 5 nitrogen and oxygen atoms in total. The largest absolute Gasteiger partial charge is 0.349 e. The minimum absolute atomic E-state index is 0.118. The Morgan fingerprint density at radius 1 is 0.882 bits per heavy atom. The summed E-state index contributed by atoms with van der Waals surface area (Å²) in [6.45, 7) is 10.7. The Bertz CT molecular complexity index is 910. The van der Waals surface area contributed by atoms with E-state index in [9.17, 15) is 8.42 Å². The molecule has 0 bridgehead atoms. The second kappa shape index (κ2) is 7.91. The molecule has 0 amide bonds. The Morgan fingerprint density at radius 2 is 1.65 bits per heavy atom. The molecule has 2 saturated heterocycles. The van der Waals surface area contributed by atoms with Crippen molar-refractivity contribution in [3.8, 4) is 0 Å². The maximum Gasteiger partial charge on any atom is 0.264 e. The molecule has 6 rings (SSSR count). The maximum absolute atomic E-state index is 11.7. The van der Waals surface area contributed by atoms with Gasteiger partial charge in [-0.05, 0) is 104 Å². The van der Waals surface area contributed by atoms with E-state index in [2.05, 4.69) is 27.7 Å². The Balaban J connectivity index is 1.20. The smallest absolute Gasteiger partial charge is 0.264 e. The van der Waals surface area contributed by atoms with Gasteiger partial charge in [-0.15, -0.1) is 0 Å². The molecular weight excluding hydrogens is 448 g/mol. The predicted molar refractivity (Wildman–Crippen MR) is 131 cm³/mol. The van der Waals surface area contributed by atoms with Crippen LogP contribution in [0.5, 0.6) is 0 Å². The molecule has 2 aliphatic heterocycles. The lowest BCUT2D eigenvalue weighted by molar-refractivity contribution is -0.273. The van der Waals surface area contributed by atoms with Gasteiger partial charge < -0.3 is 9.47 Å². The standard InChI is InChI=1S/C28H46O5S/c1-17-8-13-28(31-16-17)18(2)25-24(32-28)15-23-21-7-6-19-14-20(33-34(5,29)30)9-11-26(19,3)22(21)10-12-27(23,25)4/h17-25H,6-16H2,1-5H3/t17-,18+,19?,20+,21?,22?,23?,24?,25?,26+,27+,28?/m1/s1. The van der Waals surface area contributed by atoms with Crippen molar-refractivity contribution in [3.63, 3.8) is 0 Å². The molecule has 0 aromatic heterocycles. The highest BCUT2D eigenvalue weighted by atomic mass is 32.2. The molecule has 34 heavy (non-hydrogen) atoms. The Hall–Kier alpha value is -0.170. The van der Waals surface area contributed by atoms with Gasteiger partial charge in [-0.25, -0.2) is 0 Å². The number of fused-ring (bicyclic) bond motifs is 7. The van der Waals surface area contributed by atoms with Crippen LogP contribution in [0.4, 0.5) is 0 Å². The molecule has 6 fully saturated rings.